The Hall–Kier alpha value is -3.53. The van der Waals surface area contributed by atoms with Crippen LogP contribution < -0.4 is 21.1 Å². The molecule has 40 heavy (non-hydrogen) atoms. The second kappa shape index (κ2) is 12.3. The van der Waals surface area contributed by atoms with Crippen LogP contribution in [0.2, 0.25) is 0 Å². The predicted octanol–water partition coefficient (Wildman–Crippen LogP) is 4.57. The van der Waals surface area contributed by atoms with E-state index < -0.39 is 11.7 Å². The highest BCUT2D eigenvalue weighted by Gasteiger charge is 2.24. The number of ether oxygens (including phenoxy) is 1. The number of carbonyl (C=O) groups excluding carboxylic acids is 1. The Morgan fingerprint density at radius 2 is 1.82 bits per heavy atom. The van der Waals surface area contributed by atoms with Crippen molar-refractivity contribution in [1.29, 1.82) is 0 Å². The highest BCUT2D eigenvalue weighted by molar-refractivity contribution is 5.96. The Kier molecular flexibility index (Phi) is 8.63. The summed E-state index contributed by atoms with van der Waals surface area (Å²) < 4.78 is 20.1. The maximum Gasteiger partial charge on any atom is 0.257 e. The molecule has 2 heterocycles. The van der Waals surface area contributed by atoms with Gasteiger partial charge in [0.1, 0.15) is 22.9 Å². The molecule has 2 aromatic carbocycles. The lowest BCUT2D eigenvalue weighted by Gasteiger charge is -2.36. The van der Waals surface area contributed by atoms with Gasteiger partial charge in [-0.1, -0.05) is 18.2 Å². The van der Waals surface area contributed by atoms with Crippen molar-refractivity contribution >= 4 is 5.91 Å². The van der Waals surface area contributed by atoms with Crippen LogP contribution in [0.25, 0.3) is 11.1 Å². The molecule has 0 bridgehead atoms. The number of hydrogen-bond acceptors (Lipinski definition) is 7. The van der Waals surface area contributed by atoms with E-state index in [1.807, 2.05) is 30.3 Å². The van der Waals surface area contributed by atoms with E-state index >= 15 is 0 Å². The normalized spacial score (nSPS) is 23.5. The molecule has 1 amide bonds. The molecule has 1 aliphatic heterocycles. The van der Waals surface area contributed by atoms with Gasteiger partial charge in [-0.2, -0.15) is 0 Å². The van der Waals surface area contributed by atoms with Gasteiger partial charge >= 0.3 is 0 Å². The van der Waals surface area contributed by atoms with E-state index in [-0.39, 0.29) is 29.3 Å². The van der Waals surface area contributed by atoms with Gasteiger partial charge in [0.2, 0.25) is 5.88 Å². The van der Waals surface area contributed by atoms with E-state index in [0.29, 0.717) is 24.4 Å². The summed E-state index contributed by atoms with van der Waals surface area (Å²) in [5.41, 5.74) is 8.69. The lowest BCUT2D eigenvalue weighted by molar-refractivity contribution is 0.0922. The van der Waals surface area contributed by atoms with E-state index in [1.54, 1.807) is 12.1 Å². The number of nitrogens with zero attached hydrogens (tertiary/aromatic N) is 2. The molecule has 2 fully saturated rings. The van der Waals surface area contributed by atoms with Gasteiger partial charge in [-0.3, -0.25) is 9.69 Å². The largest absolute Gasteiger partial charge is 0.508 e. The van der Waals surface area contributed by atoms with Crippen LogP contribution in [0.4, 0.5) is 4.39 Å². The second-order valence-electron chi connectivity index (χ2n) is 11.2. The highest BCUT2D eigenvalue weighted by Crippen LogP contribution is 2.32. The zero-order valence-corrected chi connectivity index (χ0v) is 23.1. The molecule has 1 saturated heterocycles. The van der Waals surface area contributed by atoms with Crippen molar-refractivity contribution in [3.63, 3.8) is 0 Å². The van der Waals surface area contributed by atoms with Gasteiger partial charge < -0.3 is 26.2 Å². The quantitative estimate of drug-likeness (QED) is 0.343. The van der Waals surface area contributed by atoms with Crippen molar-refractivity contribution in [1.82, 2.24) is 20.5 Å². The van der Waals surface area contributed by atoms with Crippen molar-refractivity contribution in [2.45, 2.75) is 70.2 Å². The van der Waals surface area contributed by atoms with Crippen LogP contribution >= 0.6 is 0 Å². The maximum absolute atomic E-state index is 14.1. The van der Waals surface area contributed by atoms with Gasteiger partial charge in [-0.05, 0) is 81.0 Å². The van der Waals surface area contributed by atoms with E-state index in [0.717, 1.165) is 67.7 Å². The van der Waals surface area contributed by atoms with Crippen LogP contribution in [0, 0.1) is 5.82 Å². The number of hydrogen-bond donors (Lipinski definition) is 4. The SMILES string of the molecule is C[C@@H]1CN(Cc2cc(-c3cccc(Oc4ncc(F)cc4C(=O)NC4CCC(N)CC4)c3)ccc2O)C[C@H](C)N1. The molecule has 2 aliphatic rings. The lowest BCUT2D eigenvalue weighted by atomic mass is 9.91. The molecule has 3 aromatic rings. The number of rotatable bonds is 7. The Morgan fingerprint density at radius 3 is 2.58 bits per heavy atom. The first-order valence-electron chi connectivity index (χ1n) is 14.0. The number of nitrogens with two attached hydrogens (primary N) is 1. The number of phenolic OH excluding ortho intramolecular Hbond substituents is 1. The molecule has 0 radical (unpaired) electrons. The third-order valence-corrected chi connectivity index (χ3v) is 7.66. The molecule has 8 nitrogen and oxygen atoms in total. The Labute approximate surface area is 234 Å². The smallest absolute Gasteiger partial charge is 0.257 e. The number of piperazine rings is 1. The Bertz CT molecular complexity index is 1330. The fourth-order valence-electron chi connectivity index (χ4n) is 5.75. The number of amides is 1. The highest BCUT2D eigenvalue weighted by atomic mass is 19.1. The number of carbonyl (C=O) groups is 1. The number of nitrogens with one attached hydrogen (secondary N) is 2. The molecule has 0 spiro atoms. The van der Waals surface area contributed by atoms with Gasteiger partial charge in [-0.25, -0.2) is 9.37 Å². The summed E-state index contributed by atoms with van der Waals surface area (Å²) in [6.45, 7) is 6.80. The number of aromatic nitrogens is 1. The van der Waals surface area contributed by atoms with E-state index in [2.05, 4.69) is 34.4 Å². The predicted molar refractivity (Wildman–Crippen MR) is 153 cm³/mol. The molecule has 1 saturated carbocycles. The second-order valence-corrected chi connectivity index (χ2v) is 11.2. The van der Waals surface area contributed by atoms with Crippen LogP contribution in [-0.2, 0) is 6.54 Å². The van der Waals surface area contributed by atoms with Crippen molar-refractivity contribution in [2.75, 3.05) is 13.1 Å². The number of pyridine rings is 1. The number of aromatic hydroxyl groups is 1. The fourth-order valence-corrected chi connectivity index (χ4v) is 5.75. The molecular formula is C31H38FN5O3. The fraction of sp³-hybridized carbons (Fsp3) is 0.419. The zero-order chi connectivity index (χ0) is 28.2. The van der Waals surface area contributed by atoms with Crippen LogP contribution in [0.3, 0.4) is 0 Å². The maximum atomic E-state index is 14.1. The molecule has 1 aliphatic carbocycles. The topological polar surface area (TPSA) is 113 Å². The Balaban J connectivity index is 1.33. The summed E-state index contributed by atoms with van der Waals surface area (Å²) in [5.74, 6) is -0.258. The number of halogens is 1. The first-order chi connectivity index (χ1) is 19.2. The summed E-state index contributed by atoms with van der Waals surface area (Å²) in [7, 11) is 0. The number of phenols is 1. The van der Waals surface area contributed by atoms with Crippen molar-refractivity contribution in [3.05, 3.63) is 71.7 Å². The summed E-state index contributed by atoms with van der Waals surface area (Å²) in [6, 6.07) is 15.1. The van der Waals surface area contributed by atoms with Gasteiger partial charge in [0.25, 0.3) is 5.91 Å². The summed E-state index contributed by atoms with van der Waals surface area (Å²) >= 11 is 0. The minimum absolute atomic E-state index is 0.0111. The summed E-state index contributed by atoms with van der Waals surface area (Å²) in [6.07, 6.45) is 4.30. The van der Waals surface area contributed by atoms with Crippen molar-refractivity contribution < 1.29 is 19.0 Å². The standard InChI is InChI=1S/C31H38FN5O3/c1-19-16-37(17-20(2)35-19)18-23-12-22(6-11-29(23)38)21-4-3-5-27(13-21)40-31-28(14-24(32)15-34-31)30(39)36-26-9-7-25(33)8-10-26/h3-6,11-15,19-20,25-26,35,38H,7-10,16-18,33H2,1-2H3,(H,36,39)/t19-,20+,25?,26?. The first-order valence-corrected chi connectivity index (χ1v) is 14.0. The van der Waals surface area contributed by atoms with Crippen molar-refractivity contribution in [2.24, 2.45) is 5.73 Å². The average molecular weight is 548 g/mol. The lowest BCUT2D eigenvalue weighted by Crippen LogP contribution is -2.53. The molecule has 0 unspecified atom stereocenters. The van der Waals surface area contributed by atoms with Gasteiger partial charge in [0, 0.05) is 49.4 Å². The summed E-state index contributed by atoms with van der Waals surface area (Å²) in [4.78, 5) is 19.5. The zero-order valence-electron chi connectivity index (χ0n) is 23.1. The van der Waals surface area contributed by atoms with Crippen LogP contribution in [0.15, 0.2) is 54.7 Å². The minimum Gasteiger partial charge on any atom is -0.508 e. The molecule has 212 valence electrons. The molecule has 2 atom stereocenters. The van der Waals surface area contributed by atoms with Crippen molar-refractivity contribution in [3.8, 4) is 28.5 Å². The third kappa shape index (κ3) is 6.96. The van der Waals surface area contributed by atoms with Gasteiger partial charge in [0.05, 0.1) is 6.20 Å². The number of benzene rings is 2. The summed E-state index contributed by atoms with van der Waals surface area (Å²) in [5, 5.41) is 17.1. The molecule has 9 heteroatoms. The van der Waals surface area contributed by atoms with Crippen LogP contribution in [0.5, 0.6) is 17.4 Å². The van der Waals surface area contributed by atoms with E-state index in [4.69, 9.17) is 10.5 Å². The first kappa shape index (κ1) is 28.0. The average Bonchev–Trinajstić information content (AvgIpc) is 2.92. The van der Waals surface area contributed by atoms with Gasteiger partial charge in [0.15, 0.2) is 0 Å². The Morgan fingerprint density at radius 1 is 1.10 bits per heavy atom. The van der Waals surface area contributed by atoms with E-state index in [9.17, 15) is 14.3 Å². The van der Waals surface area contributed by atoms with Crippen LogP contribution in [-0.4, -0.2) is 58.2 Å². The van der Waals surface area contributed by atoms with Crippen LogP contribution in [0.1, 0.15) is 55.5 Å². The monoisotopic (exact) mass is 547 g/mol. The van der Waals surface area contributed by atoms with Gasteiger partial charge in [-0.15, -0.1) is 0 Å². The third-order valence-electron chi connectivity index (χ3n) is 7.66. The molecular weight excluding hydrogens is 509 g/mol. The molecule has 5 rings (SSSR count). The minimum atomic E-state index is -0.609. The molecule has 1 aromatic heterocycles. The van der Waals surface area contributed by atoms with E-state index in [1.165, 1.54) is 0 Å². The molecule has 5 N–H and O–H groups in total.